The maximum Gasteiger partial charge on any atom is 0.130 e. The summed E-state index contributed by atoms with van der Waals surface area (Å²) in [7, 11) is 0. The lowest BCUT2D eigenvalue weighted by Crippen LogP contribution is -2.27. The van der Waals surface area contributed by atoms with E-state index < -0.39 is 0 Å². The molecule has 88 valence electrons. The molecule has 3 rings (SSSR count). The molecule has 0 saturated heterocycles. The summed E-state index contributed by atoms with van der Waals surface area (Å²) >= 11 is 0. The van der Waals surface area contributed by atoms with Gasteiger partial charge in [-0.15, -0.1) is 0 Å². The van der Waals surface area contributed by atoms with E-state index in [1.807, 2.05) is 0 Å². The van der Waals surface area contributed by atoms with Gasteiger partial charge in [0.15, 0.2) is 0 Å². The fourth-order valence-electron chi connectivity index (χ4n) is 2.78. The number of fused-ring (bicyclic) bond motifs is 2. The predicted octanol–water partition coefficient (Wildman–Crippen LogP) is 3.60. The molecule has 17 heavy (non-hydrogen) atoms. The number of aryl methyl sites for hydroxylation is 2. The standard InChI is InChI=1S/C15H18N2/c1-9-5-10(2)13-11(6-9)7-12-8-15(3,4)17-14(12)16-13/h5-7H,8H2,1-4H3,(H,16,17). The van der Waals surface area contributed by atoms with Crippen molar-refractivity contribution in [2.75, 3.05) is 5.32 Å². The SMILES string of the molecule is Cc1cc(C)c2nc3c(cc2c1)CC(C)(C)N3. The van der Waals surface area contributed by atoms with Crippen molar-refractivity contribution in [2.24, 2.45) is 0 Å². The lowest BCUT2D eigenvalue weighted by molar-refractivity contribution is 0.593. The van der Waals surface area contributed by atoms with Crippen LogP contribution in [0, 0.1) is 13.8 Å². The van der Waals surface area contributed by atoms with E-state index in [1.54, 1.807) is 0 Å². The minimum Gasteiger partial charge on any atom is -0.365 e. The fraction of sp³-hybridized carbons (Fsp3) is 0.400. The maximum absolute atomic E-state index is 4.78. The van der Waals surface area contributed by atoms with Crippen LogP contribution in [-0.2, 0) is 6.42 Å². The van der Waals surface area contributed by atoms with E-state index >= 15 is 0 Å². The lowest BCUT2D eigenvalue weighted by atomic mass is 9.99. The van der Waals surface area contributed by atoms with Crippen LogP contribution in [0.4, 0.5) is 5.82 Å². The first-order valence-electron chi connectivity index (χ1n) is 6.14. The normalized spacial score (nSPS) is 16.9. The van der Waals surface area contributed by atoms with E-state index in [1.165, 1.54) is 22.1 Å². The van der Waals surface area contributed by atoms with Crippen LogP contribution in [0.2, 0.25) is 0 Å². The van der Waals surface area contributed by atoms with Gasteiger partial charge in [0.25, 0.3) is 0 Å². The number of benzene rings is 1. The summed E-state index contributed by atoms with van der Waals surface area (Å²) in [6.07, 6.45) is 1.05. The third-order valence-corrected chi connectivity index (χ3v) is 3.42. The molecule has 2 heterocycles. The largest absolute Gasteiger partial charge is 0.365 e. The third kappa shape index (κ3) is 1.68. The predicted molar refractivity (Wildman–Crippen MR) is 72.6 cm³/mol. The number of nitrogens with zero attached hydrogens (tertiary/aromatic N) is 1. The molecular formula is C15H18N2. The van der Waals surface area contributed by atoms with Crippen LogP contribution in [-0.4, -0.2) is 10.5 Å². The zero-order valence-electron chi connectivity index (χ0n) is 10.9. The van der Waals surface area contributed by atoms with Crippen molar-refractivity contribution in [3.05, 3.63) is 34.9 Å². The van der Waals surface area contributed by atoms with Crippen LogP contribution in [0.25, 0.3) is 10.9 Å². The Bertz CT molecular complexity index is 612. The highest BCUT2D eigenvalue weighted by Crippen LogP contribution is 2.33. The Hall–Kier alpha value is -1.57. The summed E-state index contributed by atoms with van der Waals surface area (Å²) in [5.41, 5.74) is 5.17. The summed E-state index contributed by atoms with van der Waals surface area (Å²) in [6, 6.07) is 6.71. The summed E-state index contributed by atoms with van der Waals surface area (Å²) < 4.78 is 0. The van der Waals surface area contributed by atoms with Crippen molar-refractivity contribution in [1.29, 1.82) is 0 Å². The number of hydrogen-bond acceptors (Lipinski definition) is 2. The monoisotopic (exact) mass is 226 g/mol. The zero-order chi connectivity index (χ0) is 12.2. The Morgan fingerprint density at radius 1 is 1.18 bits per heavy atom. The average Bonchev–Trinajstić information content (AvgIpc) is 2.48. The molecule has 0 spiro atoms. The minimum absolute atomic E-state index is 0.135. The molecule has 0 amide bonds. The minimum atomic E-state index is 0.135. The molecule has 2 nitrogen and oxygen atoms in total. The number of hydrogen-bond donors (Lipinski definition) is 1. The highest BCUT2D eigenvalue weighted by atomic mass is 15.1. The molecule has 2 aromatic rings. The van der Waals surface area contributed by atoms with Gasteiger partial charge in [-0.3, -0.25) is 0 Å². The van der Waals surface area contributed by atoms with Gasteiger partial charge in [-0.25, -0.2) is 4.98 Å². The molecule has 0 saturated carbocycles. The molecule has 0 unspecified atom stereocenters. The molecule has 0 atom stereocenters. The second-order valence-electron chi connectivity index (χ2n) is 5.84. The molecule has 2 heteroatoms. The zero-order valence-corrected chi connectivity index (χ0v) is 10.9. The first-order chi connectivity index (χ1) is 7.94. The number of aromatic nitrogens is 1. The molecule has 1 aliphatic rings. The van der Waals surface area contributed by atoms with Crippen LogP contribution in [0.1, 0.15) is 30.5 Å². The number of rotatable bonds is 0. The Labute approximate surface area is 102 Å². The van der Waals surface area contributed by atoms with Gasteiger partial charge in [0.2, 0.25) is 0 Å². The van der Waals surface area contributed by atoms with Crippen LogP contribution >= 0.6 is 0 Å². The smallest absolute Gasteiger partial charge is 0.130 e. The van der Waals surface area contributed by atoms with Gasteiger partial charge in [0, 0.05) is 10.9 Å². The van der Waals surface area contributed by atoms with Gasteiger partial charge in [-0.1, -0.05) is 11.6 Å². The van der Waals surface area contributed by atoms with Crippen molar-refractivity contribution < 1.29 is 0 Å². The van der Waals surface area contributed by atoms with E-state index in [-0.39, 0.29) is 5.54 Å². The molecule has 1 aromatic heterocycles. The second-order valence-corrected chi connectivity index (χ2v) is 5.84. The van der Waals surface area contributed by atoms with Crippen LogP contribution in [0.3, 0.4) is 0 Å². The van der Waals surface area contributed by atoms with E-state index in [4.69, 9.17) is 4.98 Å². The van der Waals surface area contributed by atoms with Crippen LogP contribution in [0.15, 0.2) is 18.2 Å². The number of nitrogens with one attached hydrogen (secondary N) is 1. The van der Waals surface area contributed by atoms with Gasteiger partial charge in [0.05, 0.1) is 5.52 Å². The highest BCUT2D eigenvalue weighted by Gasteiger charge is 2.28. The molecule has 1 N–H and O–H groups in total. The van der Waals surface area contributed by atoms with E-state index in [2.05, 4.69) is 51.2 Å². The maximum atomic E-state index is 4.78. The Kier molecular flexibility index (Phi) is 2.00. The second kappa shape index (κ2) is 3.22. The van der Waals surface area contributed by atoms with Gasteiger partial charge in [-0.2, -0.15) is 0 Å². The van der Waals surface area contributed by atoms with Crippen molar-refractivity contribution in [1.82, 2.24) is 4.98 Å². The summed E-state index contributed by atoms with van der Waals surface area (Å²) in [4.78, 5) is 4.78. The van der Waals surface area contributed by atoms with E-state index in [0.29, 0.717) is 0 Å². The quantitative estimate of drug-likeness (QED) is 0.742. The summed E-state index contributed by atoms with van der Waals surface area (Å²) in [5.74, 6) is 1.06. The highest BCUT2D eigenvalue weighted by molar-refractivity contribution is 5.86. The number of anilines is 1. The van der Waals surface area contributed by atoms with Gasteiger partial charge in [-0.05, 0) is 57.4 Å². The molecule has 1 aliphatic heterocycles. The number of pyridine rings is 1. The Morgan fingerprint density at radius 3 is 2.71 bits per heavy atom. The van der Waals surface area contributed by atoms with Crippen molar-refractivity contribution >= 4 is 16.7 Å². The summed E-state index contributed by atoms with van der Waals surface area (Å²) in [6.45, 7) is 8.71. The van der Waals surface area contributed by atoms with Gasteiger partial charge in [0.1, 0.15) is 5.82 Å². The molecule has 0 radical (unpaired) electrons. The van der Waals surface area contributed by atoms with Crippen molar-refractivity contribution in [3.63, 3.8) is 0 Å². The third-order valence-electron chi connectivity index (χ3n) is 3.42. The lowest BCUT2D eigenvalue weighted by Gasteiger charge is -2.17. The molecule has 0 bridgehead atoms. The van der Waals surface area contributed by atoms with E-state index in [9.17, 15) is 0 Å². The van der Waals surface area contributed by atoms with Gasteiger partial charge >= 0.3 is 0 Å². The molecule has 0 aliphatic carbocycles. The first-order valence-corrected chi connectivity index (χ1v) is 6.14. The topological polar surface area (TPSA) is 24.9 Å². The van der Waals surface area contributed by atoms with Crippen LogP contribution < -0.4 is 5.32 Å². The molecule has 0 fully saturated rings. The van der Waals surface area contributed by atoms with Crippen molar-refractivity contribution in [3.8, 4) is 0 Å². The Morgan fingerprint density at radius 2 is 1.94 bits per heavy atom. The fourth-order valence-corrected chi connectivity index (χ4v) is 2.78. The average molecular weight is 226 g/mol. The van der Waals surface area contributed by atoms with Gasteiger partial charge < -0.3 is 5.32 Å². The molecular weight excluding hydrogens is 208 g/mol. The van der Waals surface area contributed by atoms with Crippen LogP contribution in [0.5, 0.6) is 0 Å². The molecule has 1 aromatic carbocycles. The van der Waals surface area contributed by atoms with E-state index in [0.717, 1.165) is 17.8 Å². The summed E-state index contributed by atoms with van der Waals surface area (Å²) in [5, 5.41) is 4.76. The first kappa shape index (κ1) is 10.6. The van der Waals surface area contributed by atoms with Crippen molar-refractivity contribution in [2.45, 2.75) is 39.7 Å². The Balaban J connectivity index is 2.27.